The zero-order valence-corrected chi connectivity index (χ0v) is 15.2. The van der Waals surface area contributed by atoms with Gasteiger partial charge in [0.2, 0.25) is 0 Å². The Morgan fingerprint density at radius 2 is 1.76 bits per heavy atom. The molecule has 0 radical (unpaired) electrons. The van der Waals surface area contributed by atoms with E-state index in [2.05, 4.69) is 16.8 Å². The molecule has 0 unspecified atom stereocenters. The standard InChI is InChI=1S/C19H29N3O3/c1-20-11-13-21(14-12-20)16-7-9-22(10-8-17(16)23)19(24)15-5-3-4-6-18(15)25-2/h3-6,16-17,23H,7-14H2,1-2H3/t16-,17-/m0/s1. The zero-order chi connectivity index (χ0) is 17.8. The lowest BCUT2D eigenvalue weighted by molar-refractivity contribution is 0.0224. The Morgan fingerprint density at radius 3 is 2.48 bits per heavy atom. The average molecular weight is 347 g/mol. The van der Waals surface area contributed by atoms with Crippen LogP contribution in [-0.4, -0.2) is 91.3 Å². The van der Waals surface area contributed by atoms with Gasteiger partial charge in [0.15, 0.2) is 0 Å². The fourth-order valence-electron chi connectivity index (χ4n) is 3.85. The number of para-hydroxylation sites is 1. The number of benzene rings is 1. The molecule has 0 aliphatic carbocycles. The van der Waals surface area contributed by atoms with Crippen molar-refractivity contribution in [3.8, 4) is 5.75 Å². The average Bonchev–Trinajstić information content (AvgIpc) is 2.84. The molecule has 25 heavy (non-hydrogen) atoms. The summed E-state index contributed by atoms with van der Waals surface area (Å²) in [5.41, 5.74) is 0.595. The van der Waals surface area contributed by atoms with E-state index in [0.717, 1.165) is 32.6 Å². The van der Waals surface area contributed by atoms with Crippen molar-refractivity contribution < 1.29 is 14.6 Å². The van der Waals surface area contributed by atoms with E-state index in [1.54, 1.807) is 13.2 Å². The quantitative estimate of drug-likeness (QED) is 0.881. The summed E-state index contributed by atoms with van der Waals surface area (Å²) in [4.78, 5) is 19.5. The maximum atomic E-state index is 12.9. The van der Waals surface area contributed by atoms with Gasteiger partial charge in [0.25, 0.3) is 5.91 Å². The summed E-state index contributed by atoms with van der Waals surface area (Å²) in [5, 5.41) is 10.6. The Balaban J connectivity index is 1.67. The Bertz CT molecular complexity index is 587. The number of ether oxygens (including phenoxy) is 1. The Kier molecular flexibility index (Phi) is 5.93. The molecule has 3 rings (SSSR count). The molecular formula is C19H29N3O3. The van der Waals surface area contributed by atoms with Crippen LogP contribution in [0.5, 0.6) is 5.75 Å². The largest absolute Gasteiger partial charge is 0.496 e. The minimum absolute atomic E-state index is 0.0105. The lowest BCUT2D eigenvalue weighted by Crippen LogP contribution is -2.52. The molecule has 0 aromatic heterocycles. The number of methoxy groups -OCH3 is 1. The highest BCUT2D eigenvalue weighted by Crippen LogP contribution is 2.23. The van der Waals surface area contributed by atoms with E-state index < -0.39 is 0 Å². The van der Waals surface area contributed by atoms with Gasteiger partial charge in [-0.05, 0) is 32.0 Å². The maximum absolute atomic E-state index is 12.9. The second kappa shape index (κ2) is 8.17. The van der Waals surface area contributed by atoms with Crippen LogP contribution in [0.3, 0.4) is 0 Å². The summed E-state index contributed by atoms with van der Waals surface area (Å²) < 4.78 is 5.33. The molecule has 0 spiro atoms. The van der Waals surface area contributed by atoms with Crippen molar-refractivity contribution in [1.82, 2.24) is 14.7 Å². The van der Waals surface area contributed by atoms with Gasteiger partial charge in [-0.25, -0.2) is 0 Å². The third-order valence-electron chi connectivity index (χ3n) is 5.47. The van der Waals surface area contributed by atoms with Crippen LogP contribution < -0.4 is 4.74 Å². The van der Waals surface area contributed by atoms with Gasteiger partial charge in [0.05, 0.1) is 18.8 Å². The van der Waals surface area contributed by atoms with Crippen molar-refractivity contribution in [2.45, 2.75) is 25.0 Å². The number of likely N-dealkylation sites (N-methyl/N-ethyl adjacent to an activating group) is 1. The van der Waals surface area contributed by atoms with Gasteiger partial charge in [-0.3, -0.25) is 9.69 Å². The first kappa shape index (κ1) is 18.2. The Labute approximate surface area is 150 Å². The van der Waals surface area contributed by atoms with Crippen molar-refractivity contribution in [1.29, 1.82) is 0 Å². The fourth-order valence-corrected chi connectivity index (χ4v) is 3.85. The summed E-state index contributed by atoms with van der Waals surface area (Å²) in [6.45, 7) is 5.30. The molecule has 1 aromatic carbocycles. The van der Waals surface area contributed by atoms with Crippen molar-refractivity contribution >= 4 is 5.91 Å². The molecule has 2 aliphatic heterocycles. The number of aliphatic hydroxyl groups excluding tert-OH is 1. The topological polar surface area (TPSA) is 56.2 Å². The molecule has 138 valence electrons. The molecule has 2 fully saturated rings. The molecule has 6 heteroatoms. The number of nitrogens with zero attached hydrogens (tertiary/aromatic N) is 3. The SMILES string of the molecule is COc1ccccc1C(=O)N1CC[C@H](O)[C@@H](N2CCN(C)CC2)CC1. The normalized spacial score (nSPS) is 26.3. The predicted octanol–water partition coefficient (Wildman–Crippen LogP) is 0.908. The van der Waals surface area contributed by atoms with Crippen LogP contribution in [0.15, 0.2) is 24.3 Å². The highest BCUT2D eigenvalue weighted by atomic mass is 16.5. The molecule has 1 N–H and O–H groups in total. The molecule has 6 nitrogen and oxygen atoms in total. The predicted molar refractivity (Wildman–Crippen MR) is 97.0 cm³/mol. The summed E-state index contributed by atoms with van der Waals surface area (Å²) >= 11 is 0. The van der Waals surface area contributed by atoms with Gasteiger partial charge < -0.3 is 19.6 Å². The third kappa shape index (κ3) is 4.14. The number of piperazine rings is 1. The first-order chi connectivity index (χ1) is 12.1. The van der Waals surface area contributed by atoms with E-state index in [1.807, 2.05) is 23.1 Å². The zero-order valence-electron chi connectivity index (χ0n) is 15.2. The summed E-state index contributed by atoms with van der Waals surface area (Å²) in [6, 6.07) is 7.48. The fraction of sp³-hybridized carbons (Fsp3) is 0.632. The van der Waals surface area contributed by atoms with E-state index in [9.17, 15) is 9.90 Å². The Morgan fingerprint density at radius 1 is 1.08 bits per heavy atom. The van der Waals surface area contributed by atoms with Crippen LogP contribution in [0.25, 0.3) is 0 Å². The second-order valence-corrected chi connectivity index (χ2v) is 7.04. The van der Waals surface area contributed by atoms with Crippen LogP contribution in [0, 0.1) is 0 Å². The van der Waals surface area contributed by atoms with Gasteiger partial charge in [-0.15, -0.1) is 0 Å². The van der Waals surface area contributed by atoms with Crippen molar-refractivity contribution in [3.63, 3.8) is 0 Å². The van der Waals surface area contributed by atoms with E-state index in [4.69, 9.17) is 4.74 Å². The van der Waals surface area contributed by atoms with Crippen LogP contribution in [0.2, 0.25) is 0 Å². The molecular weight excluding hydrogens is 318 g/mol. The molecule has 2 atom stereocenters. The number of amides is 1. The smallest absolute Gasteiger partial charge is 0.257 e. The molecule has 1 amide bonds. The van der Waals surface area contributed by atoms with Gasteiger partial charge in [0.1, 0.15) is 5.75 Å². The monoisotopic (exact) mass is 347 g/mol. The highest BCUT2D eigenvalue weighted by molar-refractivity contribution is 5.97. The molecule has 1 aromatic rings. The minimum Gasteiger partial charge on any atom is -0.496 e. The van der Waals surface area contributed by atoms with Crippen molar-refractivity contribution in [2.24, 2.45) is 0 Å². The summed E-state index contributed by atoms with van der Waals surface area (Å²) in [5.74, 6) is 0.594. The van der Waals surface area contributed by atoms with Crippen molar-refractivity contribution in [2.75, 3.05) is 53.4 Å². The molecule has 2 aliphatic rings. The van der Waals surface area contributed by atoms with Gasteiger partial charge in [-0.2, -0.15) is 0 Å². The summed E-state index contributed by atoms with van der Waals surface area (Å²) in [6.07, 6.45) is 1.06. The summed E-state index contributed by atoms with van der Waals surface area (Å²) in [7, 11) is 3.72. The number of carbonyl (C=O) groups excluding carboxylic acids is 1. The first-order valence-corrected chi connectivity index (χ1v) is 9.13. The number of aliphatic hydroxyl groups is 1. The number of likely N-dealkylation sites (tertiary alicyclic amines) is 1. The van der Waals surface area contributed by atoms with E-state index in [-0.39, 0.29) is 18.1 Å². The highest BCUT2D eigenvalue weighted by Gasteiger charge is 2.32. The Hall–Kier alpha value is -1.63. The van der Waals surface area contributed by atoms with E-state index in [0.29, 0.717) is 30.8 Å². The number of hydrogen-bond donors (Lipinski definition) is 1. The van der Waals surface area contributed by atoms with Crippen LogP contribution in [0.1, 0.15) is 23.2 Å². The molecule has 0 bridgehead atoms. The molecule has 2 heterocycles. The van der Waals surface area contributed by atoms with Crippen molar-refractivity contribution in [3.05, 3.63) is 29.8 Å². The molecule has 2 saturated heterocycles. The van der Waals surface area contributed by atoms with Crippen LogP contribution in [-0.2, 0) is 0 Å². The van der Waals surface area contributed by atoms with E-state index in [1.165, 1.54) is 0 Å². The van der Waals surface area contributed by atoms with Gasteiger partial charge in [0, 0.05) is 45.3 Å². The second-order valence-electron chi connectivity index (χ2n) is 7.04. The molecule has 0 saturated carbocycles. The van der Waals surface area contributed by atoms with Gasteiger partial charge in [-0.1, -0.05) is 12.1 Å². The lowest BCUT2D eigenvalue weighted by Gasteiger charge is -2.39. The number of rotatable bonds is 3. The number of carbonyl (C=O) groups is 1. The first-order valence-electron chi connectivity index (χ1n) is 9.13. The van der Waals surface area contributed by atoms with Crippen LogP contribution >= 0.6 is 0 Å². The lowest BCUT2D eigenvalue weighted by atomic mass is 10.0. The van der Waals surface area contributed by atoms with Crippen LogP contribution in [0.4, 0.5) is 0 Å². The minimum atomic E-state index is -0.376. The number of hydrogen-bond acceptors (Lipinski definition) is 5. The van der Waals surface area contributed by atoms with Gasteiger partial charge >= 0.3 is 0 Å². The third-order valence-corrected chi connectivity index (χ3v) is 5.47. The maximum Gasteiger partial charge on any atom is 0.257 e. The van der Waals surface area contributed by atoms with E-state index >= 15 is 0 Å².